The molecular weight excluding hydrogens is 372 g/mol. The van der Waals surface area contributed by atoms with Gasteiger partial charge in [-0.3, -0.25) is 0 Å². The third-order valence-corrected chi connectivity index (χ3v) is 5.82. The van der Waals surface area contributed by atoms with Gasteiger partial charge in [-0.25, -0.2) is 0 Å². The first-order chi connectivity index (χ1) is 10.4. The molecule has 2 nitrogen and oxygen atoms in total. The molecule has 1 aromatic carbocycles. The summed E-state index contributed by atoms with van der Waals surface area (Å²) in [6, 6.07) is 7.00. The Morgan fingerprint density at radius 1 is 1.00 bits per heavy atom. The fourth-order valence-electron chi connectivity index (χ4n) is 3.26. The first kappa shape index (κ1) is 17.3. The Bertz CT molecular complexity index is 584. The molecule has 1 aliphatic carbocycles. The summed E-state index contributed by atoms with van der Waals surface area (Å²) < 4.78 is 52.8. The van der Waals surface area contributed by atoms with E-state index in [0.29, 0.717) is 5.56 Å². The highest BCUT2D eigenvalue weighted by molar-refractivity contribution is 9.10. The van der Waals surface area contributed by atoms with Gasteiger partial charge in [0, 0.05) is 10.3 Å². The quantitative estimate of drug-likeness (QED) is 0.647. The molecule has 23 heavy (non-hydrogen) atoms. The molecule has 0 unspecified atom stereocenters. The lowest BCUT2D eigenvalue weighted by Gasteiger charge is -2.32. The fourth-order valence-corrected chi connectivity index (χ4v) is 3.52. The molecular formula is C16H19BBrF3O2. The van der Waals surface area contributed by atoms with Crippen molar-refractivity contribution < 1.29 is 22.5 Å². The standard InChI is InChI=1S/C16H19BBrF3O2/c1-14(2)15(3,4)23-17(22-14)13-11(12(13)16(19,20)21)9-5-7-10(18)8-6-9/h5-8,11-13H,1-4H3/t11-,12+,13+/m1/s1. The van der Waals surface area contributed by atoms with Crippen LogP contribution in [0.5, 0.6) is 0 Å². The highest BCUT2D eigenvalue weighted by atomic mass is 79.9. The summed E-state index contributed by atoms with van der Waals surface area (Å²) in [5.74, 6) is -2.73. The molecule has 1 aromatic rings. The van der Waals surface area contributed by atoms with Gasteiger partial charge in [-0.15, -0.1) is 0 Å². The Morgan fingerprint density at radius 3 is 1.91 bits per heavy atom. The predicted octanol–water partition coefficient (Wildman–Crippen LogP) is 5.19. The zero-order valence-corrected chi connectivity index (χ0v) is 15.0. The van der Waals surface area contributed by atoms with E-state index in [-0.39, 0.29) is 0 Å². The van der Waals surface area contributed by atoms with Gasteiger partial charge in [0.05, 0.1) is 17.1 Å². The smallest absolute Gasteiger partial charge is 0.403 e. The van der Waals surface area contributed by atoms with E-state index in [1.165, 1.54) is 0 Å². The summed E-state index contributed by atoms with van der Waals surface area (Å²) in [6.07, 6.45) is -4.26. The van der Waals surface area contributed by atoms with Crippen molar-refractivity contribution in [1.82, 2.24) is 0 Å². The van der Waals surface area contributed by atoms with Crippen LogP contribution in [0.25, 0.3) is 0 Å². The molecule has 1 saturated heterocycles. The van der Waals surface area contributed by atoms with Crippen molar-refractivity contribution in [3.8, 4) is 0 Å². The zero-order valence-electron chi connectivity index (χ0n) is 13.4. The van der Waals surface area contributed by atoms with Crippen molar-refractivity contribution in [3.05, 3.63) is 34.3 Å². The lowest BCUT2D eigenvalue weighted by Crippen LogP contribution is -2.41. The summed E-state index contributed by atoms with van der Waals surface area (Å²) >= 11 is 3.31. The van der Waals surface area contributed by atoms with E-state index in [2.05, 4.69) is 15.9 Å². The second-order valence-electron chi connectivity index (χ2n) is 7.35. The molecule has 0 bridgehead atoms. The van der Waals surface area contributed by atoms with Crippen molar-refractivity contribution in [1.29, 1.82) is 0 Å². The lowest BCUT2D eigenvalue weighted by molar-refractivity contribution is -0.149. The van der Waals surface area contributed by atoms with Crippen LogP contribution in [0.15, 0.2) is 28.7 Å². The molecule has 0 radical (unpaired) electrons. The number of benzene rings is 1. The minimum Gasteiger partial charge on any atom is -0.403 e. The molecule has 0 aromatic heterocycles. The van der Waals surface area contributed by atoms with Gasteiger partial charge in [0.2, 0.25) is 0 Å². The Morgan fingerprint density at radius 2 is 1.48 bits per heavy atom. The van der Waals surface area contributed by atoms with Crippen molar-refractivity contribution >= 4 is 23.0 Å². The molecule has 2 aliphatic rings. The monoisotopic (exact) mass is 390 g/mol. The van der Waals surface area contributed by atoms with E-state index in [4.69, 9.17) is 9.31 Å². The maximum Gasteiger partial charge on any atom is 0.462 e. The number of alkyl halides is 3. The first-order valence-corrected chi connectivity index (χ1v) is 8.41. The highest BCUT2D eigenvalue weighted by Gasteiger charge is 2.72. The molecule has 2 fully saturated rings. The normalized spacial score (nSPS) is 32.2. The van der Waals surface area contributed by atoms with E-state index >= 15 is 0 Å². The Kier molecular flexibility index (Phi) is 3.94. The van der Waals surface area contributed by atoms with Gasteiger partial charge in [-0.1, -0.05) is 28.1 Å². The molecule has 1 saturated carbocycles. The second-order valence-corrected chi connectivity index (χ2v) is 8.26. The van der Waals surface area contributed by atoms with E-state index in [1.807, 2.05) is 27.7 Å². The van der Waals surface area contributed by atoms with Crippen LogP contribution in [-0.4, -0.2) is 24.5 Å². The van der Waals surface area contributed by atoms with Crippen LogP contribution >= 0.6 is 15.9 Å². The van der Waals surface area contributed by atoms with Gasteiger partial charge in [-0.05, 0) is 51.3 Å². The van der Waals surface area contributed by atoms with E-state index in [0.717, 1.165) is 4.47 Å². The number of halogens is 4. The van der Waals surface area contributed by atoms with Crippen molar-refractivity contribution in [2.24, 2.45) is 5.92 Å². The molecule has 7 heteroatoms. The summed E-state index contributed by atoms with van der Waals surface area (Å²) in [5, 5.41) is 0. The predicted molar refractivity (Wildman–Crippen MR) is 86.3 cm³/mol. The fraction of sp³-hybridized carbons (Fsp3) is 0.625. The van der Waals surface area contributed by atoms with Crippen LogP contribution in [0, 0.1) is 5.92 Å². The summed E-state index contributed by atoms with van der Waals surface area (Å²) in [4.78, 5) is 0. The minimum atomic E-state index is -4.26. The molecule has 3 rings (SSSR count). The third-order valence-electron chi connectivity index (χ3n) is 5.29. The molecule has 0 spiro atoms. The zero-order chi connectivity index (χ0) is 17.2. The number of hydrogen-bond donors (Lipinski definition) is 0. The van der Waals surface area contributed by atoms with Crippen molar-refractivity contribution in [3.63, 3.8) is 0 Å². The average Bonchev–Trinajstić information content (AvgIpc) is 3.08. The average molecular weight is 391 g/mol. The minimum absolute atomic E-state index is 0.613. The van der Waals surface area contributed by atoms with Crippen molar-refractivity contribution in [2.45, 2.75) is 56.8 Å². The number of hydrogen-bond acceptors (Lipinski definition) is 2. The number of rotatable bonds is 2. The lowest BCUT2D eigenvalue weighted by atomic mass is 9.78. The van der Waals surface area contributed by atoms with Crippen LogP contribution in [-0.2, 0) is 9.31 Å². The SMILES string of the molecule is CC1(C)OB([C@H]2[C@H](c3ccc(Br)cc3)[C@@H]2C(F)(F)F)OC1(C)C. The van der Waals surface area contributed by atoms with Gasteiger partial charge in [0.15, 0.2) is 0 Å². The van der Waals surface area contributed by atoms with Crippen LogP contribution in [0.1, 0.15) is 39.2 Å². The Balaban J connectivity index is 1.87. The van der Waals surface area contributed by atoms with E-state index < -0.39 is 42.1 Å². The summed E-state index contributed by atoms with van der Waals surface area (Å²) in [5.41, 5.74) is -0.573. The molecule has 0 N–H and O–H groups in total. The van der Waals surface area contributed by atoms with Gasteiger partial charge < -0.3 is 9.31 Å². The van der Waals surface area contributed by atoms with E-state index in [1.54, 1.807) is 24.3 Å². The van der Waals surface area contributed by atoms with E-state index in [9.17, 15) is 13.2 Å². The molecule has 3 atom stereocenters. The Labute approximate surface area is 143 Å². The van der Waals surface area contributed by atoms with Crippen LogP contribution in [0.4, 0.5) is 13.2 Å². The highest BCUT2D eigenvalue weighted by Crippen LogP contribution is 2.68. The molecule has 0 amide bonds. The maximum absolute atomic E-state index is 13.4. The molecule has 1 heterocycles. The third kappa shape index (κ3) is 2.96. The largest absolute Gasteiger partial charge is 0.462 e. The topological polar surface area (TPSA) is 18.5 Å². The van der Waals surface area contributed by atoms with Crippen LogP contribution in [0.2, 0.25) is 5.82 Å². The Hall–Kier alpha value is -0.525. The van der Waals surface area contributed by atoms with Gasteiger partial charge >= 0.3 is 13.3 Å². The first-order valence-electron chi connectivity index (χ1n) is 7.62. The second kappa shape index (κ2) is 5.23. The summed E-state index contributed by atoms with van der Waals surface area (Å²) in [7, 11) is -0.833. The van der Waals surface area contributed by atoms with Crippen molar-refractivity contribution in [2.75, 3.05) is 0 Å². The van der Waals surface area contributed by atoms with Gasteiger partial charge in [-0.2, -0.15) is 13.2 Å². The molecule has 126 valence electrons. The van der Waals surface area contributed by atoms with Crippen LogP contribution in [0.3, 0.4) is 0 Å². The van der Waals surface area contributed by atoms with Gasteiger partial charge in [0.1, 0.15) is 0 Å². The molecule has 1 aliphatic heterocycles. The maximum atomic E-state index is 13.4. The summed E-state index contributed by atoms with van der Waals surface area (Å²) in [6.45, 7) is 7.42. The van der Waals surface area contributed by atoms with Crippen LogP contribution < -0.4 is 0 Å². The van der Waals surface area contributed by atoms with Gasteiger partial charge in [0.25, 0.3) is 0 Å².